The Morgan fingerprint density at radius 1 is 1.21 bits per heavy atom. The van der Waals surface area contributed by atoms with Crippen molar-refractivity contribution in [3.8, 4) is 0 Å². The van der Waals surface area contributed by atoms with Gasteiger partial charge in [-0.05, 0) is 31.6 Å². The summed E-state index contributed by atoms with van der Waals surface area (Å²) < 4.78 is 0. The van der Waals surface area contributed by atoms with Gasteiger partial charge in [0.2, 0.25) is 0 Å². The molecule has 0 heterocycles. The molecule has 82 valence electrons. The third-order valence-corrected chi connectivity index (χ3v) is 2.84. The Kier molecular flexibility index (Phi) is 6.46. The molecule has 0 saturated heterocycles. The van der Waals surface area contributed by atoms with Crippen LogP contribution in [0.15, 0.2) is 5.16 Å². The Labute approximate surface area is 87.7 Å². The summed E-state index contributed by atoms with van der Waals surface area (Å²) >= 11 is 0. The molecule has 1 rings (SSSR count). The van der Waals surface area contributed by atoms with E-state index in [1.165, 1.54) is 44.9 Å². The van der Waals surface area contributed by atoms with Crippen molar-refractivity contribution in [3.63, 3.8) is 0 Å². The lowest BCUT2D eigenvalue weighted by atomic mass is 10.1. The minimum atomic E-state index is 0.700. The van der Waals surface area contributed by atoms with Gasteiger partial charge in [0.05, 0.1) is 0 Å². The number of oxime groups is 1. The van der Waals surface area contributed by atoms with Gasteiger partial charge in [-0.2, -0.15) is 0 Å². The lowest BCUT2D eigenvalue weighted by molar-refractivity contribution is 0.140. The standard InChI is InChI=1S/C12H23NO/c1-2-3-4-7-10-14-13-11-12-8-5-6-9-12/h11-12H,2-10H2,1H3. The second-order valence-corrected chi connectivity index (χ2v) is 4.19. The Morgan fingerprint density at radius 2 is 2.00 bits per heavy atom. The average Bonchev–Trinajstić information content (AvgIpc) is 2.69. The molecule has 0 unspecified atom stereocenters. The maximum atomic E-state index is 5.21. The highest BCUT2D eigenvalue weighted by atomic mass is 16.6. The molecule has 0 bridgehead atoms. The largest absolute Gasteiger partial charge is 0.396 e. The fourth-order valence-corrected chi connectivity index (χ4v) is 1.88. The SMILES string of the molecule is CCCCCCON=CC1CCCC1. The Balaban J connectivity index is 1.87. The van der Waals surface area contributed by atoms with Crippen molar-refractivity contribution in [2.24, 2.45) is 11.1 Å². The third kappa shape index (κ3) is 5.25. The van der Waals surface area contributed by atoms with Gasteiger partial charge in [-0.15, -0.1) is 0 Å². The molecule has 0 aromatic rings. The van der Waals surface area contributed by atoms with Crippen LogP contribution in [0.1, 0.15) is 58.3 Å². The molecule has 1 fully saturated rings. The predicted molar refractivity (Wildman–Crippen MR) is 60.5 cm³/mol. The van der Waals surface area contributed by atoms with Crippen LogP contribution >= 0.6 is 0 Å². The second-order valence-electron chi connectivity index (χ2n) is 4.19. The first kappa shape index (κ1) is 11.5. The normalized spacial score (nSPS) is 18.1. The summed E-state index contributed by atoms with van der Waals surface area (Å²) in [6.07, 6.45) is 12.4. The first-order chi connectivity index (χ1) is 6.93. The molecule has 1 aliphatic carbocycles. The van der Waals surface area contributed by atoms with Crippen molar-refractivity contribution in [1.29, 1.82) is 0 Å². The third-order valence-electron chi connectivity index (χ3n) is 2.84. The van der Waals surface area contributed by atoms with Crippen LogP contribution in [0.4, 0.5) is 0 Å². The smallest absolute Gasteiger partial charge is 0.117 e. The molecule has 0 spiro atoms. The fraction of sp³-hybridized carbons (Fsp3) is 0.917. The van der Waals surface area contributed by atoms with Crippen molar-refractivity contribution in [2.45, 2.75) is 58.3 Å². The van der Waals surface area contributed by atoms with Crippen LogP contribution in [0.3, 0.4) is 0 Å². The van der Waals surface area contributed by atoms with Crippen LogP contribution in [-0.2, 0) is 4.84 Å². The Bertz CT molecular complexity index is 150. The van der Waals surface area contributed by atoms with E-state index in [1.54, 1.807) is 0 Å². The zero-order valence-electron chi connectivity index (χ0n) is 9.37. The maximum absolute atomic E-state index is 5.21. The molecule has 0 N–H and O–H groups in total. The quantitative estimate of drug-likeness (QED) is 0.346. The lowest BCUT2D eigenvalue weighted by Gasteiger charge is -2.01. The number of nitrogens with zero attached hydrogens (tertiary/aromatic N) is 1. The van der Waals surface area contributed by atoms with Gasteiger partial charge in [0.15, 0.2) is 0 Å². The molecule has 1 aliphatic rings. The zero-order chi connectivity index (χ0) is 10.1. The molecule has 0 radical (unpaired) electrons. The van der Waals surface area contributed by atoms with Gasteiger partial charge in [-0.1, -0.05) is 37.8 Å². The molecule has 2 heteroatoms. The number of hydrogen-bond donors (Lipinski definition) is 0. The van der Waals surface area contributed by atoms with E-state index in [4.69, 9.17) is 4.84 Å². The van der Waals surface area contributed by atoms with Crippen LogP contribution in [0.25, 0.3) is 0 Å². The van der Waals surface area contributed by atoms with E-state index in [0.29, 0.717) is 5.92 Å². The van der Waals surface area contributed by atoms with Crippen LogP contribution < -0.4 is 0 Å². The van der Waals surface area contributed by atoms with Gasteiger partial charge < -0.3 is 4.84 Å². The van der Waals surface area contributed by atoms with E-state index in [9.17, 15) is 0 Å². The first-order valence-corrected chi connectivity index (χ1v) is 6.09. The van der Waals surface area contributed by atoms with Gasteiger partial charge in [-0.3, -0.25) is 0 Å². The fourth-order valence-electron chi connectivity index (χ4n) is 1.88. The summed E-state index contributed by atoms with van der Waals surface area (Å²) in [5.41, 5.74) is 0. The van der Waals surface area contributed by atoms with Gasteiger partial charge in [0, 0.05) is 6.21 Å². The summed E-state index contributed by atoms with van der Waals surface area (Å²) in [6.45, 7) is 3.02. The molecule has 0 aromatic carbocycles. The van der Waals surface area contributed by atoms with Crippen molar-refractivity contribution < 1.29 is 4.84 Å². The topological polar surface area (TPSA) is 21.6 Å². The summed E-state index contributed by atoms with van der Waals surface area (Å²) in [7, 11) is 0. The molecule has 0 aromatic heterocycles. The number of rotatable bonds is 7. The molecule has 0 aliphatic heterocycles. The van der Waals surface area contributed by atoms with E-state index >= 15 is 0 Å². The van der Waals surface area contributed by atoms with Crippen molar-refractivity contribution >= 4 is 6.21 Å². The molecule has 14 heavy (non-hydrogen) atoms. The highest BCUT2D eigenvalue weighted by Crippen LogP contribution is 2.22. The Hall–Kier alpha value is -0.530. The van der Waals surface area contributed by atoms with Crippen molar-refractivity contribution in [3.05, 3.63) is 0 Å². The average molecular weight is 197 g/mol. The van der Waals surface area contributed by atoms with Gasteiger partial charge in [-0.25, -0.2) is 0 Å². The summed E-state index contributed by atoms with van der Waals surface area (Å²) in [4.78, 5) is 5.21. The second kappa shape index (κ2) is 7.84. The molecule has 0 amide bonds. The minimum absolute atomic E-state index is 0.700. The molecular formula is C12H23NO. The van der Waals surface area contributed by atoms with E-state index in [2.05, 4.69) is 12.1 Å². The first-order valence-electron chi connectivity index (χ1n) is 6.09. The molecule has 2 nitrogen and oxygen atoms in total. The van der Waals surface area contributed by atoms with Crippen LogP contribution in [0.5, 0.6) is 0 Å². The van der Waals surface area contributed by atoms with E-state index in [-0.39, 0.29) is 0 Å². The molecule has 0 atom stereocenters. The van der Waals surface area contributed by atoms with Crippen molar-refractivity contribution in [2.75, 3.05) is 6.61 Å². The van der Waals surface area contributed by atoms with E-state index in [0.717, 1.165) is 13.0 Å². The highest BCUT2D eigenvalue weighted by molar-refractivity contribution is 5.60. The van der Waals surface area contributed by atoms with Crippen LogP contribution in [0, 0.1) is 5.92 Å². The van der Waals surface area contributed by atoms with E-state index in [1.807, 2.05) is 6.21 Å². The summed E-state index contributed by atoms with van der Waals surface area (Å²) in [5.74, 6) is 0.700. The molecule has 1 saturated carbocycles. The lowest BCUT2D eigenvalue weighted by Crippen LogP contribution is -1.95. The predicted octanol–water partition coefficient (Wildman–Crippen LogP) is 3.76. The summed E-state index contributed by atoms with van der Waals surface area (Å²) in [6, 6.07) is 0. The molecular weight excluding hydrogens is 174 g/mol. The minimum Gasteiger partial charge on any atom is -0.396 e. The zero-order valence-corrected chi connectivity index (χ0v) is 9.37. The van der Waals surface area contributed by atoms with Crippen LogP contribution in [0.2, 0.25) is 0 Å². The Morgan fingerprint density at radius 3 is 2.71 bits per heavy atom. The number of hydrogen-bond acceptors (Lipinski definition) is 2. The van der Waals surface area contributed by atoms with E-state index < -0.39 is 0 Å². The number of unbranched alkanes of at least 4 members (excludes halogenated alkanes) is 3. The maximum Gasteiger partial charge on any atom is 0.117 e. The van der Waals surface area contributed by atoms with Gasteiger partial charge >= 0.3 is 0 Å². The van der Waals surface area contributed by atoms with Gasteiger partial charge in [0.1, 0.15) is 6.61 Å². The monoisotopic (exact) mass is 197 g/mol. The summed E-state index contributed by atoms with van der Waals surface area (Å²) in [5, 5.41) is 4.03. The highest BCUT2D eigenvalue weighted by Gasteiger charge is 2.11. The van der Waals surface area contributed by atoms with Crippen LogP contribution in [-0.4, -0.2) is 12.8 Å². The van der Waals surface area contributed by atoms with Gasteiger partial charge in [0.25, 0.3) is 0 Å². The van der Waals surface area contributed by atoms with Crippen molar-refractivity contribution in [1.82, 2.24) is 0 Å².